The highest BCUT2D eigenvalue weighted by Crippen LogP contribution is 2.26. The van der Waals surface area contributed by atoms with Crippen LogP contribution in [0.15, 0.2) is 42.7 Å². The largest absolute Gasteiger partial charge is 0.398 e. The molecule has 0 spiro atoms. The van der Waals surface area contributed by atoms with Gasteiger partial charge in [-0.1, -0.05) is 0 Å². The number of nitrogen functional groups attached to an aromatic ring is 1. The van der Waals surface area contributed by atoms with E-state index in [0.29, 0.717) is 6.54 Å². The molecule has 3 rings (SSSR count). The van der Waals surface area contributed by atoms with Crippen molar-refractivity contribution in [2.45, 2.75) is 13.5 Å². The first kappa shape index (κ1) is 12.3. The second-order valence-electron chi connectivity index (χ2n) is 4.55. The lowest BCUT2D eigenvalue weighted by molar-refractivity contribution is 0.956. The first-order valence-electron chi connectivity index (χ1n) is 6.39. The first-order valence-corrected chi connectivity index (χ1v) is 6.39. The van der Waals surface area contributed by atoms with Gasteiger partial charge in [-0.05, 0) is 37.3 Å². The number of fused-ring (bicyclic) bond motifs is 1. The van der Waals surface area contributed by atoms with Gasteiger partial charge >= 0.3 is 0 Å². The summed E-state index contributed by atoms with van der Waals surface area (Å²) in [4.78, 5) is 12.9. The van der Waals surface area contributed by atoms with Gasteiger partial charge in [0.2, 0.25) is 0 Å². The van der Waals surface area contributed by atoms with Crippen LogP contribution in [0.2, 0.25) is 0 Å². The molecule has 1 aromatic carbocycles. The molecule has 3 aromatic rings. The van der Waals surface area contributed by atoms with Crippen LogP contribution < -0.4 is 11.1 Å². The highest BCUT2D eigenvalue weighted by atomic mass is 14.9. The molecule has 0 aliphatic carbocycles. The third kappa shape index (κ3) is 2.38. The van der Waals surface area contributed by atoms with Crippen molar-refractivity contribution in [3.05, 3.63) is 54.2 Å². The van der Waals surface area contributed by atoms with Crippen molar-refractivity contribution < 1.29 is 0 Å². The van der Waals surface area contributed by atoms with Gasteiger partial charge in [0.15, 0.2) is 0 Å². The average molecular weight is 265 g/mol. The van der Waals surface area contributed by atoms with E-state index in [0.717, 1.165) is 33.8 Å². The molecule has 0 aliphatic rings. The van der Waals surface area contributed by atoms with E-state index >= 15 is 0 Å². The van der Waals surface area contributed by atoms with Crippen molar-refractivity contribution in [3.63, 3.8) is 0 Å². The van der Waals surface area contributed by atoms with Gasteiger partial charge in [-0.15, -0.1) is 0 Å². The van der Waals surface area contributed by atoms with Crippen LogP contribution >= 0.6 is 0 Å². The molecule has 0 aliphatic heterocycles. The number of pyridine rings is 1. The summed E-state index contributed by atoms with van der Waals surface area (Å²) in [5.74, 6) is 0.768. The highest BCUT2D eigenvalue weighted by molar-refractivity contribution is 5.98. The van der Waals surface area contributed by atoms with Crippen LogP contribution in [0.4, 0.5) is 11.4 Å². The molecule has 20 heavy (non-hydrogen) atoms. The average Bonchev–Trinajstić information content (AvgIpc) is 2.47. The Hall–Kier alpha value is -2.69. The predicted molar refractivity (Wildman–Crippen MR) is 80.3 cm³/mol. The molecule has 2 heterocycles. The standard InChI is InChI=1S/C15H15N5/c1-10-17-8-6-11(20-10)9-19-14-5-4-13(16)12-3-2-7-18-15(12)14/h2-8,19H,9,16H2,1H3. The van der Waals surface area contributed by atoms with E-state index in [2.05, 4.69) is 20.3 Å². The van der Waals surface area contributed by atoms with Gasteiger partial charge in [0.05, 0.1) is 23.4 Å². The minimum absolute atomic E-state index is 0.624. The summed E-state index contributed by atoms with van der Waals surface area (Å²) >= 11 is 0. The summed E-state index contributed by atoms with van der Waals surface area (Å²) in [6.45, 7) is 2.50. The fourth-order valence-electron chi connectivity index (χ4n) is 2.13. The second kappa shape index (κ2) is 5.13. The van der Waals surface area contributed by atoms with Crippen LogP contribution in [-0.2, 0) is 6.54 Å². The molecular weight excluding hydrogens is 250 g/mol. The summed E-state index contributed by atoms with van der Waals surface area (Å²) in [6, 6.07) is 9.58. The minimum Gasteiger partial charge on any atom is -0.398 e. The van der Waals surface area contributed by atoms with Gasteiger partial charge in [-0.25, -0.2) is 9.97 Å². The lowest BCUT2D eigenvalue weighted by atomic mass is 10.1. The molecule has 0 saturated carbocycles. The maximum absolute atomic E-state index is 5.96. The third-order valence-electron chi connectivity index (χ3n) is 3.10. The van der Waals surface area contributed by atoms with Crippen molar-refractivity contribution in [3.8, 4) is 0 Å². The minimum atomic E-state index is 0.624. The normalized spacial score (nSPS) is 10.7. The Morgan fingerprint density at radius 2 is 2.00 bits per heavy atom. The van der Waals surface area contributed by atoms with Crippen LogP contribution in [0.5, 0.6) is 0 Å². The van der Waals surface area contributed by atoms with E-state index < -0.39 is 0 Å². The number of aromatic nitrogens is 3. The molecule has 0 amide bonds. The quantitative estimate of drug-likeness (QED) is 0.712. The van der Waals surface area contributed by atoms with Gasteiger partial charge in [0.25, 0.3) is 0 Å². The van der Waals surface area contributed by atoms with Crippen LogP contribution in [0, 0.1) is 6.92 Å². The summed E-state index contributed by atoms with van der Waals surface area (Å²) in [5.41, 5.74) is 9.46. The van der Waals surface area contributed by atoms with E-state index in [4.69, 9.17) is 5.73 Å². The number of nitrogens with two attached hydrogens (primary N) is 1. The van der Waals surface area contributed by atoms with Crippen molar-refractivity contribution in [2.75, 3.05) is 11.1 Å². The monoisotopic (exact) mass is 265 g/mol. The van der Waals surface area contributed by atoms with E-state index in [1.807, 2.05) is 37.3 Å². The van der Waals surface area contributed by atoms with Crippen LogP contribution in [0.25, 0.3) is 10.9 Å². The second-order valence-corrected chi connectivity index (χ2v) is 4.55. The zero-order valence-corrected chi connectivity index (χ0v) is 11.2. The van der Waals surface area contributed by atoms with Gasteiger partial charge in [-0.3, -0.25) is 4.98 Å². The predicted octanol–water partition coefficient (Wildman–Crippen LogP) is 2.53. The van der Waals surface area contributed by atoms with Crippen LogP contribution in [-0.4, -0.2) is 15.0 Å². The molecule has 5 heteroatoms. The Kier molecular flexibility index (Phi) is 3.16. The summed E-state index contributed by atoms with van der Waals surface area (Å²) < 4.78 is 0. The molecule has 0 unspecified atom stereocenters. The molecule has 0 saturated heterocycles. The fourth-order valence-corrected chi connectivity index (χ4v) is 2.13. The smallest absolute Gasteiger partial charge is 0.125 e. The topological polar surface area (TPSA) is 76.7 Å². The zero-order valence-electron chi connectivity index (χ0n) is 11.2. The summed E-state index contributed by atoms with van der Waals surface area (Å²) in [6.07, 6.45) is 3.53. The Morgan fingerprint density at radius 1 is 1.10 bits per heavy atom. The van der Waals surface area contributed by atoms with Gasteiger partial charge in [0, 0.05) is 23.5 Å². The van der Waals surface area contributed by atoms with Crippen LogP contribution in [0.3, 0.4) is 0 Å². The first-order chi connectivity index (χ1) is 9.74. The molecule has 0 radical (unpaired) electrons. The number of benzene rings is 1. The third-order valence-corrected chi connectivity index (χ3v) is 3.10. The Bertz CT molecular complexity index is 754. The van der Waals surface area contributed by atoms with Crippen molar-refractivity contribution in [2.24, 2.45) is 0 Å². The summed E-state index contributed by atoms with van der Waals surface area (Å²) in [7, 11) is 0. The highest BCUT2D eigenvalue weighted by Gasteiger charge is 2.05. The lowest BCUT2D eigenvalue weighted by Crippen LogP contribution is -2.04. The van der Waals surface area contributed by atoms with E-state index in [1.165, 1.54) is 0 Å². The van der Waals surface area contributed by atoms with Crippen LogP contribution in [0.1, 0.15) is 11.5 Å². The van der Waals surface area contributed by atoms with E-state index in [1.54, 1.807) is 12.4 Å². The lowest BCUT2D eigenvalue weighted by Gasteiger charge is -2.10. The van der Waals surface area contributed by atoms with Gasteiger partial charge in [-0.2, -0.15) is 0 Å². The fraction of sp³-hybridized carbons (Fsp3) is 0.133. The van der Waals surface area contributed by atoms with Crippen molar-refractivity contribution in [1.82, 2.24) is 15.0 Å². The number of nitrogens with zero attached hydrogens (tertiary/aromatic N) is 3. The van der Waals surface area contributed by atoms with Crippen molar-refractivity contribution >= 4 is 22.3 Å². The Morgan fingerprint density at radius 3 is 2.85 bits per heavy atom. The number of rotatable bonds is 3. The number of hydrogen-bond donors (Lipinski definition) is 2. The molecular formula is C15H15N5. The van der Waals surface area contributed by atoms with Gasteiger partial charge in [0.1, 0.15) is 5.82 Å². The molecule has 100 valence electrons. The molecule has 0 bridgehead atoms. The van der Waals surface area contributed by atoms with Crippen molar-refractivity contribution in [1.29, 1.82) is 0 Å². The maximum atomic E-state index is 5.96. The number of hydrogen-bond acceptors (Lipinski definition) is 5. The van der Waals surface area contributed by atoms with E-state index in [9.17, 15) is 0 Å². The number of aryl methyl sites for hydroxylation is 1. The SMILES string of the molecule is Cc1nccc(CNc2ccc(N)c3cccnc23)n1. The molecule has 2 aromatic heterocycles. The molecule has 0 atom stereocenters. The summed E-state index contributed by atoms with van der Waals surface area (Å²) in [5, 5.41) is 4.31. The van der Waals surface area contributed by atoms with Gasteiger partial charge < -0.3 is 11.1 Å². The Balaban J connectivity index is 1.90. The molecule has 3 N–H and O–H groups in total. The maximum Gasteiger partial charge on any atom is 0.125 e. The molecule has 5 nitrogen and oxygen atoms in total. The van der Waals surface area contributed by atoms with E-state index in [-0.39, 0.29) is 0 Å². The number of anilines is 2. The Labute approximate surface area is 116 Å². The number of nitrogens with one attached hydrogen (secondary N) is 1. The zero-order chi connectivity index (χ0) is 13.9. The molecule has 0 fully saturated rings.